The molecule has 5 heteroatoms. The van der Waals surface area contributed by atoms with E-state index in [4.69, 9.17) is 0 Å². The van der Waals surface area contributed by atoms with Gasteiger partial charge in [0.1, 0.15) is 0 Å². The lowest BCUT2D eigenvalue weighted by atomic mass is 9.84. The molecule has 12 heavy (non-hydrogen) atoms. The minimum atomic E-state index is -2.63. The Bertz CT molecular complexity index is 243. The van der Waals surface area contributed by atoms with Gasteiger partial charge < -0.3 is 5.32 Å². The standard InChI is InChI=1S/C7H13NO2S.ClH/c9-11(10)5-7(6-11)2-1-3-8-4-7;/h8H,1-6H2;1H. The van der Waals surface area contributed by atoms with Crippen LogP contribution in [0.3, 0.4) is 0 Å². The first-order valence-corrected chi connectivity index (χ1v) is 5.85. The van der Waals surface area contributed by atoms with Crippen LogP contribution in [-0.2, 0) is 9.84 Å². The molecule has 0 bridgehead atoms. The van der Waals surface area contributed by atoms with E-state index in [1.54, 1.807) is 0 Å². The van der Waals surface area contributed by atoms with Crippen molar-refractivity contribution in [3.63, 3.8) is 0 Å². The number of sulfone groups is 1. The fraction of sp³-hybridized carbons (Fsp3) is 1.00. The zero-order valence-corrected chi connectivity index (χ0v) is 8.51. The smallest absolute Gasteiger partial charge is 0.151 e. The van der Waals surface area contributed by atoms with E-state index in [2.05, 4.69) is 5.32 Å². The molecule has 0 aromatic heterocycles. The van der Waals surface area contributed by atoms with E-state index in [9.17, 15) is 8.42 Å². The molecule has 0 unspecified atom stereocenters. The maximum absolute atomic E-state index is 10.9. The van der Waals surface area contributed by atoms with Crippen LogP contribution in [0.2, 0.25) is 0 Å². The Morgan fingerprint density at radius 1 is 1.25 bits per heavy atom. The second-order valence-corrected chi connectivity index (χ2v) is 5.88. The van der Waals surface area contributed by atoms with Gasteiger partial charge in [-0.2, -0.15) is 0 Å². The highest BCUT2D eigenvalue weighted by atomic mass is 35.5. The molecule has 0 aromatic carbocycles. The summed E-state index contributed by atoms with van der Waals surface area (Å²) in [6.45, 7) is 1.97. The van der Waals surface area contributed by atoms with Gasteiger partial charge in [0, 0.05) is 12.0 Å². The van der Waals surface area contributed by atoms with Gasteiger partial charge in [-0.3, -0.25) is 0 Å². The Labute approximate surface area is 79.2 Å². The Balaban J connectivity index is 0.000000720. The quantitative estimate of drug-likeness (QED) is 0.623. The van der Waals surface area contributed by atoms with Gasteiger partial charge in [0.2, 0.25) is 0 Å². The fourth-order valence-corrected chi connectivity index (χ4v) is 4.44. The molecule has 2 heterocycles. The van der Waals surface area contributed by atoms with Crippen LogP contribution in [0.25, 0.3) is 0 Å². The molecule has 2 aliphatic rings. The molecule has 1 spiro atoms. The lowest BCUT2D eigenvalue weighted by Crippen LogP contribution is -2.56. The Kier molecular flexibility index (Phi) is 2.71. The third-order valence-corrected chi connectivity index (χ3v) is 4.72. The summed E-state index contributed by atoms with van der Waals surface area (Å²) in [7, 11) is -2.63. The number of piperidine rings is 1. The summed E-state index contributed by atoms with van der Waals surface area (Å²) in [6.07, 6.45) is 2.23. The predicted octanol–water partition coefficient (Wildman–Crippen LogP) is 0.206. The van der Waals surface area contributed by atoms with Crippen LogP contribution in [-0.4, -0.2) is 33.0 Å². The Morgan fingerprint density at radius 2 is 1.92 bits per heavy atom. The first-order valence-electron chi connectivity index (χ1n) is 4.03. The largest absolute Gasteiger partial charge is 0.316 e. The van der Waals surface area contributed by atoms with Crippen molar-refractivity contribution in [2.75, 3.05) is 24.6 Å². The molecule has 3 nitrogen and oxygen atoms in total. The molecular formula is C7H14ClNO2S. The van der Waals surface area contributed by atoms with E-state index >= 15 is 0 Å². The fourth-order valence-electron chi connectivity index (χ4n) is 2.17. The van der Waals surface area contributed by atoms with E-state index in [-0.39, 0.29) is 17.8 Å². The van der Waals surface area contributed by atoms with Crippen molar-refractivity contribution in [1.29, 1.82) is 0 Å². The van der Waals surface area contributed by atoms with Gasteiger partial charge in [-0.05, 0) is 19.4 Å². The maximum Gasteiger partial charge on any atom is 0.151 e. The van der Waals surface area contributed by atoms with Crippen LogP contribution in [0.1, 0.15) is 12.8 Å². The van der Waals surface area contributed by atoms with Crippen LogP contribution in [0.4, 0.5) is 0 Å². The summed E-state index contributed by atoms with van der Waals surface area (Å²) in [5.41, 5.74) is 0.136. The van der Waals surface area contributed by atoms with Gasteiger partial charge in [-0.15, -0.1) is 12.4 Å². The van der Waals surface area contributed by atoms with Crippen molar-refractivity contribution >= 4 is 22.2 Å². The third kappa shape index (κ3) is 1.75. The van der Waals surface area contributed by atoms with E-state index in [0.29, 0.717) is 11.5 Å². The predicted molar refractivity (Wildman–Crippen MR) is 50.4 cm³/mol. The summed E-state index contributed by atoms with van der Waals surface area (Å²) in [4.78, 5) is 0. The first-order chi connectivity index (χ1) is 5.12. The van der Waals surface area contributed by atoms with Crippen molar-refractivity contribution in [3.05, 3.63) is 0 Å². The van der Waals surface area contributed by atoms with Crippen LogP contribution >= 0.6 is 12.4 Å². The van der Waals surface area contributed by atoms with Gasteiger partial charge in [0.15, 0.2) is 9.84 Å². The van der Waals surface area contributed by atoms with E-state index in [1.807, 2.05) is 0 Å². The number of hydrogen-bond donors (Lipinski definition) is 1. The van der Waals surface area contributed by atoms with Gasteiger partial charge in [0.25, 0.3) is 0 Å². The van der Waals surface area contributed by atoms with E-state index in [0.717, 1.165) is 25.9 Å². The Morgan fingerprint density at radius 3 is 2.33 bits per heavy atom. The van der Waals surface area contributed by atoms with Crippen LogP contribution in [0.15, 0.2) is 0 Å². The topological polar surface area (TPSA) is 46.2 Å². The lowest BCUT2D eigenvalue weighted by molar-refractivity contribution is 0.246. The van der Waals surface area contributed by atoms with Crippen molar-refractivity contribution < 1.29 is 8.42 Å². The maximum atomic E-state index is 10.9. The number of hydrogen-bond acceptors (Lipinski definition) is 3. The summed E-state index contributed by atoms with van der Waals surface area (Å²) < 4.78 is 21.9. The SMILES string of the molecule is Cl.O=S1(=O)CC2(CCCNC2)C1. The Hall–Kier alpha value is 0.200. The zero-order valence-electron chi connectivity index (χ0n) is 6.88. The second kappa shape index (κ2) is 3.16. The molecular weight excluding hydrogens is 198 g/mol. The molecule has 2 rings (SSSR count). The van der Waals surface area contributed by atoms with Gasteiger partial charge in [0.05, 0.1) is 11.5 Å². The summed E-state index contributed by atoms with van der Waals surface area (Å²) in [5.74, 6) is 0.847. The van der Waals surface area contributed by atoms with Crippen molar-refractivity contribution in [2.24, 2.45) is 5.41 Å². The summed E-state index contributed by atoms with van der Waals surface area (Å²) in [6, 6.07) is 0. The molecule has 2 aliphatic heterocycles. The minimum absolute atomic E-state index is 0. The molecule has 2 fully saturated rings. The molecule has 0 aromatic rings. The molecule has 0 radical (unpaired) electrons. The first kappa shape index (κ1) is 10.3. The molecule has 0 amide bonds. The number of nitrogens with one attached hydrogen (secondary N) is 1. The van der Waals surface area contributed by atoms with Crippen molar-refractivity contribution in [1.82, 2.24) is 5.32 Å². The molecule has 72 valence electrons. The minimum Gasteiger partial charge on any atom is -0.316 e. The van der Waals surface area contributed by atoms with E-state index in [1.165, 1.54) is 0 Å². The number of halogens is 1. The van der Waals surface area contributed by atoms with Gasteiger partial charge in [-0.25, -0.2) is 8.42 Å². The van der Waals surface area contributed by atoms with Crippen LogP contribution in [0.5, 0.6) is 0 Å². The summed E-state index contributed by atoms with van der Waals surface area (Å²) in [5, 5.41) is 3.25. The van der Waals surface area contributed by atoms with Crippen molar-refractivity contribution in [3.8, 4) is 0 Å². The highest BCUT2D eigenvalue weighted by Gasteiger charge is 2.48. The molecule has 0 saturated carbocycles. The molecule has 0 aliphatic carbocycles. The van der Waals surface area contributed by atoms with Crippen molar-refractivity contribution in [2.45, 2.75) is 12.8 Å². The average Bonchev–Trinajstić information content (AvgIpc) is 1.85. The normalized spacial score (nSPS) is 30.3. The lowest BCUT2D eigenvalue weighted by Gasteiger charge is -2.44. The summed E-state index contributed by atoms with van der Waals surface area (Å²) >= 11 is 0. The highest BCUT2D eigenvalue weighted by molar-refractivity contribution is 7.92. The molecule has 0 atom stereocenters. The van der Waals surface area contributed by atoms with Crippen LogP contribution in [0, 0.1) is 5.41 Å². The second-order valence-electron chi connectivity index (χ2n) is 3.81. The number of rotatable bonds is 0. The highest BCUT2D eigenvalue weighted by Crippen LogP contribution is 2.38. The van der Waals surface area contributed by atoms with Gasteiger partial charge >= 0.3 is 0 Å². The average molecular weight is 212 g/mol. The third-order valence-electron chi connectivity index (χ3n) is 2.61. The van der Waals surface area contributed by atoms with E-state index < -0.39 is 9.84 Å². The zero-order chi connectivity index (χ0) is 7.95. The molecule has 2 saturated heterocycles. The van der Waals surface area contributed by atoms with Gasteiger partial charge in [-0.1, -0.05) is 0 Å². The van der Waals surface area contributed by atoms with Crippen LogP contribution < -0.4 is 5.32 Å². The molecule has 1 N–H and O–H groups in total. The monoisotopic (exact) mass is 211 g/mol.